The molecular weight excluding hydrogens is 318 g/mol. The molecule has 3 heteroatoms. The van der Waals surface area contributed by atoms with Crippen LogP contribution in [0.25, 0.3) is 28.3 Å². The summed E-state index contributed by atoms with van der Waals surface area (Å²) in [5.41, 5.74) is 3.19. The Balaban J connectivity index is 1.84. The number of aromatic nitrogens is 3. The van der Waals surface area contributed by atoms with Gasteiger partial charge in [0.2, 0.25) is 0 Å². The first kappa shape index (κ1) is 16.4. The summed E-state index contributed by atoms with van der Waals surface area (Å²) in [4.78, 5) is 14.3. The van der Waals surface area contributed by atoms with Crippen molar-refractivity contribution in [1.29, 1.82) is 0 Å². The van der Waals surface area contributed by atoms with E-state index in [2.05, 4.69) is 25.2 Å². The fourth-order valence-corrected chi connectivity index (χ4v) is 3.15. The normalized spacial score (nSPS) is 16.3. The fourth-order valence-electron chi connectivity index (χ4n) is 3.15. The number of hydrogen-bond acceptors (Lipinski definition) is 3. The van der Waals surface area contributed by atoms with E-state index in [1.807, 2.05) is 60.7 Å². The summed E-state index contributed by atoms with van der Waals surface area (Å²) < 4.78 is 0. The highest BCUT2D eigenvalue weighted by Gasteiger charge is 2.17. The molecule has 0 spiro atoms. The fraction of sp³-hybridized carbons (Fsp3) is 0.174. The van der Waals surface area contributed by atoms with E-state index in [1.54, 1.807) is 0 Å². The number of benzene rings is 2. The molecule has 1 unspecified atom stereocenters. The lowest BCUT2D eigenvalue weighted by Crippen LogP contribution is -2.07. The van der Waals surface area contributed by atoms with Crippen LogP contribution in [0.15, 0.2) is 78.9 Å². The maximum Gasteiger partial charge on any atom is 0.164 e. The highest BCUT2D eigenvalue weighted by atomic mass is 15.0. The molecule has 1 aromatic heterocycles. The third-order valence-corrected chi connectivity index (χ3v) is 4.67. The van der Waals surface area contributed by atoms with E-state index in [9.17, 15) is 0 Å². The van der Waals surface area contributed by atoms with Crippen molar-refractivity contribution < 1.29 is 0 Å². The summed E-state index contributed by atoms with van der Waals surface area (Å²) in [6.07, 6.45) is 8.61. The molecule has 128 valence electrons. The van der Waals surface area contributed by atoms with Gasteiger partial charge in [-0.2, -0.15) is 0 Å². The van der Waals surface area contributed by atoms with Crippen molar-refractivity contribution in [3.63, 3.8) is 0 Å². The highest BCUT2D eigenvalue weighted by molar-refractivity contribution is 5.68. The molecule has 3 aromatic rings. The zero-order chi connectivity index (χ0) is 17.8. The van der Waals surface area contributed by atoms with Crippen LogP contribution in [-0.4, -0.2) is 15.0 Å². The van der Waals surface area contributed by atoms with Crippen LogP contribution in [0.4, 0.5) is 0 Å². The van der Waals surface area contributed by atoms with Gasteiger partial charge in [0.25, 0.3) is 0 Å². The molecule has 1 atom stereocenters. The van der Waals surface area contributed by atoms with Gasteiger partial charge in [0, 0.05) is 11.1 Å². The molecule has 0 aliphatic heterocycles. The minimum atomic E-state index is 0.548. The summed E-state index contributed by atoms with van der Waals surface area (Å²) in [6, 6.07) is 20.2. The summed E-state index contributed by atoms with van der Waals surface area (Å²) in [7, 11) is 0. The van der Waals surface area contributed by atoms with Gasteiger partial charge in [-0.05, 0) is 24.3 Å². The van der Waals surface area contributed by atoms with Gasteiger partial charge in [0.1, 0.15) is 0 Å². The lowest BCUT2D eigenvalue weighted by atomic mass is 9.92. The summed E-state index contributed by atoms with van der Waals surface area (Å²) >= 11 is 0. The Bertz CT molecular complexity index is 886. The molecule has 1 heterocycles. The predicted octanol–water partition coefficient (Wildman–Crippen LogP) is 5.58. The largest absolute Gasteiger partial charge is 0.209 e. The number of nitrogens with zero attached hydrogens (tertiary/aromatic N) is 3. The van der Waals surface area contributed by atoms with Crippen molar-refractivity contribution in [1.82, 2.24) is 15.0 Å². The van der Waals surface area contributed by atoms with Crippen molar-refractivity contribution >= 4 is 5.57 Å². The Labute approximate surface area is 154 Å². The van der Waals surface area contributed by atoms with Crippen LogP contribution in [0.5, 0.6) is 0 Å². The molecule has 0 fully saturated rings. The minimum absolute atomic E-state index is 0.548. The molecule has 0 amide bonds. The third-order valence-electron chi connectivity index (χ3n) is 4.67. The summed E-state index contributed by atoms with van der Waals surface area (Å²) in [6.45, 7) is 2.22. The summed E-state index contributed by atoms with van der Waals surface area (Å²) in [5, 5.41) is 0. The van der Waals surface area contributed by atoms with E-state index in [0.29, 0.717) is 5.92 Å². The van der Waals surface area contributed by atoms with Crippen molar-refractivity contribution in [2.45, 2.75) is 19.8 Å². The zero-order valence-corrected chi connectivity index (χ0v) is 14.8. The first-order valence-electron chi connectivity index (χ1n) is 9.08. The van der Waals surface area contributed by atoms with E-state index >= 15 is 0 Å². The number of allylic oxidation sites excluding steroid dienone is 4. The quantitative estimate of drug-likeness (QED) is 0.623. The van der Waals surface area contributed by atoms with Gasteiger partial charge in [0.05, 0.1) is 0 Å². The monoisotopic (exact) mass is 339 g/mol. The second kappa shape index (κ2) is 7.44. The van der Waals surface area contributed by atoms with Gasteiger partial charge >= 0.3 is 0 Å². The van der Waals surface area contributed by atoms with E-state index in [-0.39, 0.29) is 0 Å². The van der Waals surface area contributed by atoms with Crippen molar-refractivity contribution in [2.24, 2.45) is 5.92 Å². The molecule has 2 aromatic carbocycles. The van der Waals surface area contributed by atoms with E-state index < -0.39 is 0 Å². The van der Waals surface area contributed by atoms with Gasteiger partial charge in [-0.3, -0.25) is 0 Å². The van der Waals surface area contributed by atoms with Crippen LogP contribution < -0.4 is 0 Å². The molecule has 0 bridgehead atoms. The molecule has 3 nitrogen and oxygen atoms in total. The Morgan fingerprint density at radius 3 is 1.85 bits per heavy atom. The van der Waals surface area contributed by atoms with E-state index in [4.69, 9.17) is 15.0 Å². The molecule has 26 heavy (non-hydrogen) atoms. The Kier molecular flexibility index (Phi) is 4.69. The van der Waals surface area contributed by atoms with Crippen LogP contribution in [0.1, 0.15) is 25.6 Å². The molecule has 0 saturated carbocycles. The SMILES string of the molecule is CCC1C=CC=C(c2nc(-c3ccccc3)nc(-c3ccccc3)n2)C1. The van der Waals surface area contributed by atoms with Crippen LogP contribution >= 0.6 is 0 Å². The lowest BCUT2D eigenvalue weighted by molar-refractivity contribution is 0.639. The topological polar surface area (TPSA) is 38.7 Å². The Morgan fingerprint density at radius 2 is 1.31 bits per heavy atom. The average Bonchev–Trinajstić information content (AvgIpc) is 2.75. The smallest absolute Gasteiger partial charge is 0.164 e. The molecule has 0 saturated heterocycles. The Morgan fingerprint density at radius 1 is 0.769 bits per heavy atom. The first-order chi connectivity index (χ1) is 12.8. The standard InChI is InChI=1S/C23H21N3/c1-2-17-10-9-15-20(16-17)23-25-21(18-11-5-3-6-12-18)24-22(26-23)19-13-7-4-8-14-19/h3-15,17H,2,16H2,1H3. The molecule has 1 aliphatic carbocycles. The average molecular weight is 339 g/mol. The zero-order valence-electron chi connectivity index (χ0n) is 14.8. The second-order valence-electron chi connectivity index (χ2n) is 6.49. The molecule has 0 radical (unpaired) electrons. The first-order valence-corrected chi connectivity index (χ1v) is 9.08. The lowest BCUT2D eigenvalue weighted by Gasteiger charge is -2.17. The molecule has 4 rings (SSSR count). The van der Waals surface area contributed by atoms with E-state index in [0.717, 1.165) is 41.4 Å². The van der Waals surface area contributed by atoms with Crippen molar-refractivity contribution in [2.75, 3.05) is 0 Å². The second-order valence-corrected chi connectivity index (χ2v) is 6.49. The maximum absolute atomic E-state index is 4.80. The van der Waals surface area contributed by atoms with Crippen LogP contribution in [-0.2, 0) is 0 Å². The van der Waals surface area contributed by atoms with Gasteiger partial charge in [0.15, 0.2) is 17.5 Å². The Hall–Kier alpha value is -3.07. The maximum atomic E-state index is 4.80. The van der Waals surface area contributed by atoms with Crippen LogP contribution in [0, 0.1) is 5.92 Å². The molecule has 1 aliphatic rings. The van der Waals surface area contributed by atoms with Gasteiger partial charge < -0.3 is 0 Å². The van der Waals surface area contributed by atoms with Crippen molar-refractivity contribution in [3.8, 4) is 22.8 Å². The molecular formula is C23H21N3. The van der Waals surface area contributed by atoms with Gasteiger partial charge in [-0.1, -0.05) is 85.8 Å². The predicted molar refractivity (Wildman–Crippen MR) is 106 cm³/mol. The molecule has 0 N–H and O–H groups in total. The third kappa shape index (κ3) is 3.47. The van der Waals surface area contributed by atoms with Crippen molar-refractivity contribution in [3.05, 3.63) is 84.7 Å². The highest BCUT2D eigenvalue weighted by Crippen LogP contribution is 2.29. The minimum Gasteiger partial charge on any atom is -0.209 e. The number of rotatable bonds is 4. The van der Waals surface area contributed by atoms with Gasteiger partial charge in [-0.25, -0.2) is 15.0 Å². The van der Waals surface area contributed by atoms with Gasteiger partial charge in [-0.15, -0.1) is 0 Å². The van der Waals surface area contributed by atoms with Crippen LogP contribution in [0.3, 0.4) is 0 Å². The summed E-state index contributed by atoms with van der Waals surface area (Å²) in [5.74, 6) is 2.77. The van der Waals surface area contributed by atoms with Crippen LogP contribution in [0.2, 0.25) is 0 Å². The number of hydrogen-bond donors (Lipinski definition) is 0. The van der Waals surface area contributed by atoms with E-state index in [1.165, 1.54) is 5.57 Å².